The van der Waals surface area contributed by atoms with Gasteiger partial charge in [-0.3, -0.25) is 9.59 Å². The molecule has 4 heteroatoms. The van der Waals surface area contributed by atoms with Crippen LogP contribution in [0, 0.1) is 22.7 Å². The lowest BCUT2D eigenvalue weighted by Crippen LogP contribution is -2.16. The molecule has 0 rings (SSSR count). The van der Waals surface area contributed by atoms with Crippen molar-refractivity contribution in [3.63, 3.8) is 0 Å². The van der Waals surface area contributed by atoms with Gasteiger partial charge in [-0.05, 0) is 48.3 Å². The molecule has 0 amide bonds. The van der Waals surface area contributed by atoms with E-state index in [1.165, 1.54) is 0 Å². The Morgan fingerprint density at radius 3 is 1.20 bits per heavy atom. The lowest BCUT2D eigenvalue weighted by atomic mass is 9.84. The van der Waals surface area contributed by atoms with Gasteiger partial charge in [-0.25, -0.2) is 0 Å². The predicted octanol–water partition coefficient (Wildman–Crippen LogP) is 7.34. The first-order chi connectivity index (χ1) is 13.8. The topological polar surface area (TPSA) is 52.6 Å². The first-order valence-electron chi connectivity index (χ1n) is 12.1. The van der Waals surface area contributed by atoms with E-state index in [2.05, 4.69) is 55.4 Å². The third kappa shape index (κ3) is 20.2. The molecule has 30 heavy (non-hydrogen) atoms. The highest BCUT2D eigenvalue weighted by molar-refractivity contribution is 5.69. The number of carbonyl (C=O) groups excluding carboxylic acids is 2. The number of unbranched alkanes of at least 4 members (excludes halogenated alkanes) is 5. The zero-order valence-electron chi connectivity index (χ0n) is 21.3. The van der Waals surface area contributed by atoms with Crippen molar-refractivity contribution in [3.8, 4) is 0 Å². The van der Waals surface area contributed by atoms with Gasteiger partial charge in [0.25, 0.3) is 0 Å². The molecule has 0 saturated carbocycles. The third-order valence-electron chi connectivity index (χ3n) is 5.02. The number of esters is 2. The second-order valence-corrected chi connectivity index (χ2v) is 11.7. The Morgan fingerprint density at radius 2 is 0.900 bits per heavy atom. The first-order valence-corrected chi connectivity index (χ1v) is 12.1. The van der Waals surface area contributed by atoms with E-state index in [9.17, 15) is 9.59 Å². The summed E-state index contributed by atoms with van der Waals surface area (Å²) in [6.07, 6.45) is 9.39. The molecule has 0 aliphatic carbocycles. The second-order valence-electron chi connectivity index (χ2n) is 11.7. The maximum atomic E-state index is 11.9. The van der Waals surface area contributed by atoms with Gasteiger partial charge in [0.2, 0.25) is 0 Å². The van der Waals surface area contributed by atoms with Crippen molar-refractivity contribution >= 4 is 11.9 Å². The average molecular weight is 427 g/mol. The van der Waals surface area contributed by atoms with Gasteiger partial charge in [0.1, 0.15) is 0 Å². The van der Waals surface area contributed by atoms with Crippen molar-refractivity contribution in [1.82, 2.24) is 0 Å². The lowest BCUT2D eigenvalue weighted by Gasteiger charge is -2.22. The normalized spacial score (nSPS) is 14.3. The van der Waals surface area contributed by atoms with Crippen LogP contribution in [0.5, 0.6) is 0 Å². The van der Waals surface area contributed by atoms with Crippen molar-refractivity contribution in [3.05, 3.63) is 0 Å². The SMILES string of the molecule is CC(CC(=O)OCCCCCCCCOC(=O)CC(C)CC(C)(C)C)CC(C)(C)C. The van der Waals surface area contributed by atoms with Crippen molar-refractivity contribution < 1.29 is 19.1 Å². The molecule has 0 aromatic carbocycles. The average Bonchev–Trinajstić information content (AvgIpc) is 2.52. The standard InChI is InChI=1S/C26H50O4/c1-21(19-25(3,4)5)17-23(27)29-15-13-11-9-10-12-14-16-30-24(28)18-22(2)20-26(6,7)8/h21-22H,9-20H2,1-8H3. The minimum atomic E-state index is -0.0645. The summed E-state index contributed by atoms with van der Waals surface area (Å²) in [6.45, 7) is 18.5. The van der Waals surface area contributed by atoms with Gasteiger partial charge < -0.3 is 9.47 Å². The number of carbonyl (C=O) groups is 2. The summed E-state index contributed by atoms with van der Waals surface area (Å²) >= 11 is 0. The number of rotatable bonds is 15. The van der Waals surface area contributed by atoms with E-state index in [0.717, 1.165) is 51.4 Å². The van der Waals surface area contributed by atoms with Crippen LogP contribution in [0.15, 0.2) is 0 Å². The van der Waals surface area contributed by atoms with E-state index in [-0.39, 0.29) is 22.8 Å². The fraction of sp³-hybridized carbons (Fsp3) is 0.923. The predicted molar refractivity (Wildman–Crippen MR) is 125 cm³/mol. The molecule has 0 fully saturated rings. The van der Waals surface area contributed by atoms with E-state index < -0.39 is 0 Å². The van der Waals surface area contributed by atoms with Gasteiger partial charge in [-0.2, -0.15) is 0 Å². The summed E-state index contributed by atoms with van der Waals surface area (Å²) in [5.41, 5.74) is 0.505. The van der Waals surface area contributed by atoms with Crippen LogP contribution in [0.25, 0.3) is 0 Å². The third-order valence-corrected chi connectivity index (χ3v) is 5.02. The Hall–Kier alpha value is -1.06. The fourth-order valence-corrected chi connectivity index (χ4v) is 4.21. The van der Waals surface area contributed by atoms with Crippen LogP contribution < -0.4 is 0 Å². The van der Waals surface area contributed by atoms with Gasteiger partial charge in [0.15, 0.2) is 0 Å². The van der Waals surface area contributed by atoms with E-state index in [1.807, 2.05) is 0 Å². The Kier molecular flexibility index (Phi) is 14.3. The Morgan fingerprint density at radius 1 is 0.600 bits per heavy atom. The molecule has 4 nitrogen and oxygen atoms in total. The Bertz CT molecular complexity index is 426. The van der Waals surface area contributed by atoms with Crippen LogP contribution in [-0.4, -0.2) is 25.2 Å². The van der Waals surface area contributed by atoms with Crippen molar-refractivity contribution in [1.29, 1.82) is 0 Å². The quantitative estimate of drug-likeness (QED) is 0.203. The molecule has 0 spiro atoms. The first kappa shape index (κ1) is 28.9. The molecule has 0 aromatic rings. The zero-order valence-corrected chi connectivity index (χ0v) is 21.3. The van der Waals surface area contributed by atoms with Crippen LogP contribution in [0.1, 0.15) is 120 Å². The molecule has 0 aliphatic heterocycles. The fourth-order valence-electron chi connectivity index (χ4n) is 4.21. The highest BCUT2D eigenvalue weighted by Gasteiger charge is 2.19. The summed E-state index contributed by atoms with van der Waals surface area (Å²) in [4.78, 5) is 23.7. The zero-order chi connectivity index (χ0) is 23.2. The number of hydrogen-bond donors (Lipinski definition) is 0. The minimum Gasteiger partial charge on any atom is -0.466 e. The van der Waals surface area contributed by atoms with Crippen molar-refractivity contribution in [2.75, 3.05) is 13.2 Å². The van der Waals surface area contributed by atoms with Gasteiger partial charge in [-0.1, -0.05) is 81.1 Å². The van der Waals surface area contributed by atoms with E-state index in [0.29, 0.717) is 37.9 Å². The van der Waals surface area contributed by atoms with Gasteiger partial charge in [0.05, 0.1) is 13.2 Å². The summed E-state index contributed by atoms with van der Waals surface area (Å²) in [6, 6.07) is 0. The molecular weight excluding hydrogens is 376 g/mol. The molecule has 0 radical (unpaired) electrons. The van der Waals surface area contributed by atoms with Crippen LogP contribution >= 0.6 is 0 Å². The molecule has 0 N–H and O–H groups in total. The van der Waals surface area contributed by atoms with E-state index in [1.54, 1.807) is 0 Å². The molecule has 0 heterocycles. The Balaban J connectivity index is 3.54. The van der Waals surface area contributed by atoms with Gasteiger partial charge in [-0.15, -0.1) is 0 Å². The lowest BCUT2D eigenvalue weighted by molar-refractivity contribution is -0.146. The molecule has 178 valence electrons. The molecule has 0 aromatic heterocycles. The van der Waals surface area contributed by atoms with Crippen LogP contribution in [0.3, 0.4) is 0 Å². The maximum Gasteiger partial charge on any atom is 0.306 e. The number of hydrogen-bond acceptors (Lipinski definition) is 4. The van der Waals surface area contributed by atoms with Crippen molar-refractivity contribution in [2.45, 2.75) is 120 Å². The van der Waals surface area contributed by atoms with E-state index in [4.69, 9.17) is 9.47 Å². The molecular formula is C26H50O4. The summed E-state index contributed by atoms with van der Waals surface area (Å²) in [7, 11) is 0. The highest BCUT2D eigenvalue weighted by atomic mass is 16.5. The minimum absolute atomic E-state index is 0.0645. The van der Waals surface area contributed by atoms with Crippen molar-refractivity contribution in [2.24, 2.45) is 22.7 Å². The molecule has 0 saturated heterocycles. The molecule has 0 aliphatic rings. The molecule has 0 bridgehead atoms. The second kappa shape index (κ2) is 14.9. The summed E-state index contributed by atoms with van der Waals surface area (Å²) in [5, 5.41) is 0. The summed E-state index contributed by atoms with van der Waals surface area (Å²) < 4.78 is 10.7. The molecule has 2 atom stereocenters. The number of ether oxygens (including phenoxy) is 2. The van der Waals surface area contributed by atoms with E-state index >= 15 is 0 Å². The van der Waals surface area contributed by atoms with Gasteiger partial charge >= 0.3 is 11.9 Å². The molecule has 2 unspecified atom stereocenters. The van der Waals surface area contributed by atoms with Crippen LogP contribution in [0.2, 0.25) is 0 Å². The Labute approximate surface area is 186 Å². The van der Waals surface area contributed by atoms with Crippen LogP contribution in [0.4, 0.5) is 0 Å². The largest absolute Gasteiger partial charge is 0.466 e. The smallest absolute Gasteiger partial charge is 0.306 e. The summed E-state index contributed by atoms with van der Waals surface area (Å²) in [5.74, 6) is 0.609. The highest BCUT2D eigenvalue weighted by Crippen LogP contribution is 2.27. The maximum absolute atomic E-state index is 11.9. The monoisotopic (exact) mass is 426 g/mol. The van der Waals surface area contributed by atoms with Crippen LogP contribution in [-0.2, 0) is 19.1 Å². The van der Waals surface area contributed by atoms with Gasteiger partial charge in [0, 0.05) is 12.8 Å².